The first-order valence-corrected chi connectivity index (χ1v) is 5.67. The van der Waals surface area contributed by atoms with Crippen molar-refractivity contribution in [3.63, 3.8) is 0 Å². The summed E-state index contributed by atoms with van der Waals surface area (Å²) in [7, 11) is 0. The summed E-state index contributed by atoms with van der Waals surface area (Å²) >= 11 is 0. The highest BCUT2D eigenvalue weighted by atomic mass is 16.1. The predicted octanol–water partition coefficient (Wildman–Crippen LogP) is 4.24. The van der Waals surface area contributed by atoms with Gasteiger partial charge in [0.05, 0.1) is 0 Å². The predicted molar refractivity (Wildman–Crippen MR) is 71.3 cm³/mol. The van der Waals surface area contributed by atoms with E-state index in [1.165, 1.54) is 11.1 Å². The summed E-state index contributed by atoms with van der Waals surface area (Å²) < 4.78 is 0. The number of rotatable bonds is 7. The second kappa shape index (κ2) is 8.90. The van der Waals surface area contributed by atoms with Crippen LogP contribution in [0.2, 0.25) is 0 Å². The van der Waals surface area contributed by atoms with Crippen molar-refractivity contribution in [1.82, 2.24) is 0 Å². The quantitative estimate of drug-likeness (QED) is 0.355. The van der Waals surface area contributed by atoms with Gasteiger partial charge in [-0.1, -0.05) is 55.0 Å². The van der Waals surface area contributed by atoms with Crippen molar-refractivity contribution in [1.29, 1.82) is 0 Å². The summed E-state index contributed by atoms with van der Waals surface area (Å²) in [6.07, 6.45) is 13.0. The zero-order chi connectivity index (χ0) is 12.4. The molecule has 1 atom stereocenters. The monoisotopic (exact) mass is 218 g/mol. The summed E-state index contributed by atoms with van der Waals surface area (Å²) in [4.78, 5) is 10.4. The average molecular weight is 218 g/mol. The summed E-state index contributed by atoms with van der Waals surface area (Å²) in [5, 5.41) is 0. The fraction of sp³-hybridized carbons (Fsp3) is 0.400. The summed E-state index contributed by atoms with van der Waals surface area (Å²) in [6.45, 7) is 9.74. The fourth-order valence-electron chi connectivity index (χ4n) is 1.13. The molecule has 1 heteroatoms. The average Bonchev–Trinajstić information content (AvgIpc) is 2.28. The lowest BCUT2D eigenvalue weighted by molar-refractivity contribution is -0.109. The van der Waals surface area contributed by atoms with E-state index in [0.29, 0.717) is 0 Å². The molecule has 0 aliphatic carbocycles. The molecule has 16 heavy (non-hydrogen) atoms. The summed E-state index contributed by atoms with van der Waals surface area (Å²) in [5.41, 5.74) is 2.52. The highest BCUT2D eigenvalue weighted by Gasteiger charge is 1.90. The molecule has 88 valence electrons. The van der Waals surface area contributed by atoms with Gasteiger partial charge in [0.15, 0.2) is 0 Å². The molecule has 0 rings (SSSR count). The van der Waals surface area contributed by atoms with Gasteiger partial charge in [-0.05, 0) is 26.7 Å². The van der Waals surface area contributed by atoms with Crippen LogP contribution in [-0.2, 0) is 4.79 Å². The molecule has 1 unspecified atom stereocenters. The van der Waals surface area contributed by atoms with Crippen LogP contribution < -0.4 is 0 Å². The number of carbonyl (C=O) groups is 1. The topological polar surface area (TPSA) is 17.1 Å². The minimum absolute atomic E-state index is 0.0238. The molecule has 0 aliphatic rings. The Bertz CT molecular complexity index is 305. The Morgan fingerprint density at radius 3 is 2.56 bits per heavy atom. The summed E-state index contributed by atoms with van der Waals surface area (Å²) in [6, 6.07) is 0. The van der Waals surface area contributed by atoms with Crippen molar-refractivity contribution in [3.8, 4) is 0 Å². The number of aldehydes is 1. The third-order valence-electron chi connectivity index (χ3n) is 2.32. The van der Waals surface area contributed by atoms with Gasteiger partial charge in [-0.2, -0.15) is 0 Å². The maximum Gasteiger partial charge on any atom is 0.126 e. The van der Waals surface area contributed by atoms with Crippen molar-refractivity contribution in [2.24, 2.45) is 5.92 Å². The molecular weight excluding hydrogens is 196 g/mol. The van der Waals surface area contributed by atoms with Gasteiger partial charge in [0.1, 0.15) is 6.29 Å². The lowest BCUT2D eigenvalue weighted by atomic mass is 10.1. The molecule has 0 bridgehead atoms. The summed E-state index contributed by atoms with van der Waals surface area (Å²) in [5.74, 6) is 0.0238. The minimum atomic E-state index is 0.0238. The van der Waals surface area contributed by atoms with Crippen LogP contribution in [0, 0.1) is 5.92 Å². The highest BCUT2D eigenvalue weighted by molar-refractivity contribution is 5.55. The van der Waals surface area contributed by atoms with E-state index in [4.69, 9.17) is 0 Å². The maximum absolute atomic E-state index is 10.4. The van der Waals surface area contributed by atoms with Crippen molar-refractivity contribution >= 4 is 6.29 Å². The minimum Gasteiger partial charge on any atom is -0.303 e. The lowest BCUT2D eigenvalue weighted by Gasteiger charge is -1.96. The molecule has 0 fully saturated rings. The molecule has 0 N–H and O–H groups in total. The molecule has 0 heterocycles. The van der Waals surface area contributed by atoms with Crippen LogP contribution in [-0.4, -0.2) is 6.29 Å². The van der Waals surface area contributed by atoms with E-state index in [0.717, 1.165) is 19.1 Å². The van der Waals surface area contributed by atoms with E-state index in [-0.39, 0.29) is 5.92 Å². The van der Waals surface area contributed by atoms with E-state index in [1.807, 2.05) is 26.0 Å². The normalized spacial score (nSPS) is 15.2. The van der Waals surface area contributed by atoms with Crippen LogP contribution in [0.25, 0.3) is 0 Å². The van der Waals surface area contributed by atoms with Gasteiger partial charge in [-0.3, -0.25) is 0 Å². The molecule has 0 aliphatic heterocycles. The third-order valence-corrected chi connectivity index (χ3v) is 2.32. The molecule has 0 saturated carbocycles. The van der Waals surface area contributed by atoms with Gasteiger partial charge in [-0.25, -0.2) is 0 Å². The van der Waals surface area contributed by atoms with Gasteiger partial charge >= 0.3 is 0 Å². The van der Waals surface area contributed by atoms with Crippen LogP contribution in [0.3, 0.4) is 0 Å². The standard InChI is InChI=1S/C15H22O/c1-5-13(2)8-6-9-14(3)10-7-11-15(4)12-16/h5,7-9,11-12,15H,1,6,10H2,2-4H3. The first-order valence-electron chi connectivity index (χ1n) is 5.67. The maximum atomic E-state index is 10.4. The number of hydrogen-bond donors (Lipinski definition) is 0. The van der Waals surface area contributed by atoms with Crippen LogP contribution in [0.1, 0.15) is 33.6 Å². The SMILES string of the molecule is C=CC(C)=CCC=C(C)CC=CC(C)C=O. The highest BCUT2D eigenvalue weighted by Crippen LogP contribution is 2.06. The van der Waals surface area contributed by atoms with Crippen LogP contribution >= 0.6 is 0 Å². The van der Waals surface area contributed by atoms with E-state index in [2.05, 4.69) is 31.7 Å². The van der Waals surface area contributed by atoms with E-state index in [1.54, 1.807) is 0 Å². The largest absolute Gasteiger partial charge is 0.303 e. The molecule has 1 nitrogen and oxygen atoms in total. The smallest absolute Gasteiger partial charge is 0.126 e. The van der Waals surface area contributed by atoms with Gasteiger partial charge < -0.3 is 4.79 Å². The number of hydrogen-bond acceptors (Lipinski definition) is 1. The van der Waals surface area contributed by atoms with E-state index >= 15 is 0 Å². The molecule has 0 aromatic carbocycles. The van der Waals surface area contributed by atoms with Crippen LogP contribution in [0.5, 0.6) is 0 Å². The van der Waals surface area contributed by atoms with Crippen molar-refractivity contribution < 1.29 is 4.79 Å². The fourth-order valence-corrected chi connectivity index (χ4v) is 1.13. The molecule has 0 radical (unpaired) electrons. The zero-order valence-corrected chi connectivity index (χ0v) is 10.6. The molecular formula is C15H22O. The second-order valence-corrected chi connectivity index (χ2v) is 4.07. The Kier molecular flexibility index (Phi) is 8.14. The Morgan fingerprint density at radius 2 is 2.00 bits per heavy atom. The molecule has 0 aromatic rings. The van der Waals surface area contributed by atoms with E-state index < -0.39 is 0 Å². The zero-order valence-electron chi connectivity index (χ0n) is 10.6. The Labute approximate surface area is 99.3 Å². The lowest BCUT2D eigenvalue weighted by Crippen LogP contribution is -1.88. The first-order chi connectivity index (χ1) is 7.60. The van der Waals surface area contributed by atoms with Crippen molar-refractivity contribution in [3.05, 3.63) is 48.1 Å². The number of carbonyl (C=O) groups excluding carboxylic acids is 1. The van der Waals surface area contributed by atoms with Crippen LogP contribution in [0.15, 0.2) is 48.1 Å². The third kappa shape index (κ3) is 7.98. The van der Waals surface area contributed by atoms with Gasteiger partial charge in [0.25, 0.3) is 0 Å². The van der Waals surface area contributed by atoms with Gasteiger partial charge in [-0.15, -0.1) is 0 Å². The van der Waals surface area contributed by atoms with Gasteiger partial charge in [0, 0.05) is 5.92 Å². The molecule has 0 amide bonds. The van der Waals surface area contributed by atoms with Crippen molar-refractivity contribution in [2.45, 2.75) is 33.6 Å². The molecule has 0 saturated heterocycles. The number of allylic oxidation sites excluding steroid dienone is 7. The van der Waals surface area contributed by atoms with E-state index in [9.17, 15) is 4.79 Å². The Balaban J connectivity index is 4.01. The Morgan fingerprint density at radius 1 is 1.31 bits per heavy atom. The van der Waals surface area contributed by atoms with Gasteiger partial charge in [0.2, 0.25) is 0 Å². The first kappa shape index (κ1) is 14.6. The van der Waals surface area contributed by atoms with Crippen LogP contribution in [0.4, 0.5) is 0 Å². The molecule has 0 aromatic heterocycles. The molecule has 0 spiro atoms. The Hall–Kier alpha value is -1.37. The van der Waals surface area contributed by atoms with Crippen molar-refractivity contribution in [2.75, 3.05) is 0 Å². The second-order valence-electron chi connectivity index (χ2n) is 4.07.